The molecule has 1 amide bonds. The van der Waals surface area contributed by atoms with Crippen LogP contribution in [0.2, 0.25) is 5.02 Å². The maximum atomic E-state index is 12.8. The lowest BCUT2D eigenvalue weighted by Gasteiger charge is -2.18. The van der Waals surface area contributed by atoms with E-state index < -0.39 is 4.92 Å². The van der Waals surface area contributed by atoms with Crippen molar-refractivity contribution in [2.24, 2.45) is 7.05 Å². The number of nitro groups is 1. The quantitative estimate of drug-likeness (QED) is 0.433. The Morgan fingerprint density at radius 1 is 1.28 bits per heavy atom. The highest BCUT2D eigenvalue weighted by Crippen LogP contribution is 2.20. The Bertz CT molecular complexity index is 1010. The largest absolute Gasteiger partial charge is 0.489 e. The Morgan fingerprint density at radius 2 is 2.00 bits per heavy atom. The Labute approximate surface area is 172 Å². The summed E-state index contributed by atoms with van der Waals surface area (Å²) in [5.74, 6) is 0.356. The average molecular weight is 415 g/mol. The van der Waals surface area contributed by atoms with E-state index in [0.29, 0.717) is 22.9 Å². The SMILES string of the molecule is CN(Cc1c(Cl)cnn1C)C(=O)c1cccc(COc2ccc([N+](=O)[O-])cc2)c1. The predicted octanol–water partition coefficient (Wildman–Crippen LogP) is 3.83. The summed E-state index contributed by atoms with van der Waals surface area (Å²) in [7, 11) is 3.47. The van der Waals surface area contributed by atoms with Gasteiger partial charge in [0.25, 0.3) is 11.6 Å². The fraction of sp³-hybridized carbons (Fsp3) is 0.200. The minimum atomic E-state index is -0.464. The molecule has 0 aliphatic rings. The first-order valence-electron chi connectivity index (χ1n) is 8.73. The number of nitrogens with zero attached hydrogens (tertiary/aromatic N) is 4. The number of benzene rings is 2. The van der Waals surface area contributed by atoms with E-state index in [0.717, 1.165) is 11.3 Å². The number of nitro benzene ring substituents is 1. The summed E-state index contributed by atoms with van der Waals surface area (Å²) in [6, 6.07) is 13.0. The van der Waals surface area contributed by atoms with Crippen molar-refractivity contribution in [3.05, 3.63) is 86.7 Å². The molecule has 8 nitrogen and oxygen atoms in total. The number of halogens is 1. The van der Waals surface area contributed by atoms with Crippen LogP contribution in [0.4, 0.5) is 5.69 Å². The number of carbonyl (C=O) groups is 1. The van der Waals surface area contributed by atoms with Gasteiger partial charge >= 0.3 is 0 Å². The molecule has 2 aromatic carbocycles. The molecule has 0 radical (unpaired) electrons. The molecule has 29 heavy (non-hydrogen) atoms. The molecule has 3 aromatic rings. The molecule has 3 rings (SSSR count). The zero-order valence-electron chi connectivity index (χ0n) is 15.9. The molecule has 9 heteroatoms. The number of amides is 1. The number of aromatic nitrogens is 2. The summed E-state index contributed by atoms with van der Waals surface area (Å²) in [4.78, 5) is 24.6. The van der Waals surface area contributed by atoms with Crippen molar-refractivity contribution in [1.82, 2.24) is 14.7 Å². The third-order valence-electron chi connectivity index (χ3n) is 4.37. The van der Waals surface area contributed by atoms with Crippen LogP contribution in [0.5, 0.6) is 5.75 Å². The molecule has 1 heterocycles. The lowest BCUT2D eigenvalue weighted by Crippen LogP contribution is -2.27. The van der Waals surface area contributed by atoms with Gasteiger partial charge in [-0.2, -0.15) is 5.10 Å². The third kappa shape index (κ3) is 4.91. The Hall–Kier alpha value is -3.39. The maximum Gasteiger partial charge on any atom is 0.269 e. The first-order valence-corrected chi connectivity index (χ1v) is 9.11. The normalized spacial score (nSPS) is 10.6. The first kappa shape index (κ1) is 20.3. The molecular weight excluding hydrogens is 396 g/mol. The molecule has 150 valence electrons. The summed E-state index contributed by atoms with van der Waals surface area (Å²) in [6.07, 6.45) is 1.55. The Morgan fingerprint density at radius 3 is 2.62 bits per heavy atom. The topological polar surface area (TPSA) is 90.5 Å². The van der Waals surface area contributed by atoms with E-state index in [1.165, 1.54) is 12.1 Å². The van der Waals surface area contributed by atoms with Gasteiger partial charge in [0.1, 0.15) is 12.4 Å². The number of non-ortho nitro benzene ring substituents is 1. The zero-order chi connectivity index (χ0) is 21.0. The van der Waals surface area contributed by atoms with Gasteiger partial charge in [0.05, 0.1) is 28.4 Å². The van der Waals surface area contributed by atoms with Gasteiger partial charge in [0.2, 0.25) is 0 Å². The summed E-state index contributed by atoms with van der Waals surface area (Å²) in [6.45, 7) is 0.563. The second-order valence-corrected chi connectivity index (χ2v) is 6.87. The van der Waals surface area contributed by atoms with Crippen LogP contribution in [0.25, 0.3) is 0 Å². The first-order chi connectivity index (χ1) is 13.8. The summed E-state index contributed by atoms with van der Waals surface area (Å²) < 4.78 is 7.30. The van der Waals surface area contributed by atoms with Gasteiger partial charge in [-0.3, -0.25) is 19.6 Å². The van der Waals surface area contributed by atoms with Crippen LogP contribution in [0.15, 0.2) is 54.7 Å². The van der Waals surface area contributed by atoms with Crippen LogP contribution in [-0.2, 0) is 20.2 Å². The van der Waals surface area contributed by atoms with Crippen LogP contribution >= 0.6 is 11.6 Å². The number of hydrogen-bond acceptors (Lipinski definition) is 5. The van der Waals surface area contributed by atoms with Gasteiger partial charge < -0.3 is 9.64 Å². The fourth-order valence-electron chi connectivity index (χ4n) is 2.76. The van der Waals surface area contributed by atoms with E-state index in [2.05, 4.69) is 5.10 Å². The molecule has 1 aromatic heterocycles. The molecule has 0 aliphatic carbocycles. The second-order valence-electron chi connectivity index (χ2n) is 6.46. The number of hydrogen-bond donors (Lipinski definition) is 0. The molecule has 0 unspecified atom stereocenters. The van der Waals surface area contributed by atoms with Gasteiger partial charge in [-0.25, -0.2) is 0 Å². The van der Waals surface area contributed by atoms with E-state index in [1.807, 2.05) is 6.07 Å². The molecule has 0 aliphatic heterocycles. The van der Waals surface area contributed by atoms with Crippen LogP contribution < -0.4 is 4.74 Å². The maximum absolute atomic E-state index is 12.8. The van der Waals surface area contributed by atoms with Crippen LogP contribution in [-0.4, -0.2) is 32.6 Å². The van der Waals surface area contributed by atoms with Crippen molar-refractivity contribution in [3.8, 4) is 5.75 Å². The monoisotopic (exact) mass is 414 g/mol. The summed E-state index contributed by atoms with van der Waals surface area (Å²) >= 11 is 6.12. The van der Waals surface area contributed by atoms with Crippen molar-refractivity contribution in [2.45, 2.75) is 13.2 Å². The standard InChI is InChI=1S/C20H19ClN4O4/c1-23(12-19-18(21)11-22-24(19)2)20(26)15-5-3-4-14(10-15)13-29-17-8-6-16(7-9-17)25(27)28/h3-11H,12-13H2,1-2H3. The van der Waals surface area contributed by atoms with Crippen LogP contribution in [0.1, 0.15) is 21.6 Å². The van der Waals surface area contributed by atoms with Gasteiger partial charge in [0.15, 0.2) is 0 Å². The molecule has 0 saturated carbocycles. The van der Waals surface area contributed by atoms with Crippen LogP contribution in [0.3, 0.4) is 0 Å². The highest BCUT2D eigenvalue weighted by molar-refractivity contribution is 6.31. The van der Waals surface area contributed by atoms with E-state index in [1.54, 1.807) is 60.2 Å². The lowest BCUT2D eigenvalue weighted by molar-refractivity contribution is -0.384. The van der Waals surface area contributed by atoms with Gasteiger partial charge in [-0.05, 0) is 29.8 Å². The van der Waals surface area contributed by atoms with Crippen molar-refractivity contribution in [3.63, 3.8) is 0 Å². The zero-order valence-corrected chi connectivity index (χ0v) is 16.7. The molecule has 0 N–H and O–H groups in total. The highest BCUT2D eigenvalue weighted by Gasteiger charge is 2.16. The number of rotatable bonds is 7. The van der Waals surface area contributed by atoms with E-state index in [9.17, 15) is 14.9 Å². The van der Waals surface area contributed by atoms with Crippen molar-refractivity contribution in [2.75, 3.05) is 7.05 Å². The Balaban J connectivity index is 1.65. The van der Waals surface area contributed by atoms with Crippen LogP contribution in [0, 0.1) is 10.1 Å². The molecule has 0 spiro atoms. The number of ether oxygens (including phenoxy) is 1. The van der Waals surface area contributed by atoms with E-state index in [4.69, 9.17) is 16.3 Å². The van der Waals surface area contributed by atoms with E-state index in [-0.39, 0.29) is 18.2 Å². The highest BCUT2D eigenvalue weighted by atomic mass is 35.5. The fourth-order valence-corrected chi connectivity index (χ4v) is 2.98. The molecular formula is C20H19ClN4O4. The smallest absolute Gasteiger partial charge is 0.269 e. The molecule has 0 saturated heterocycles. The minimum absolute atomic E-state index is 0.00140. The molecule has 0 atom stereocenters. The summed E-state index contributed by atoms with van der Waals surface area (Å²) in [5, 5.41) is 15.3. The molecule has 0 bridgehead atoms. The van der Waals surface area contributed by atoms with Crippen molar-refractivity contribution >= 4 is 23.2 Å². The number of carbonyl (C=O) groups excluding carboxylic acids is 1. The average Bonchev–Trinajstić information content (AvgIpc) is 3.04. The summed E-state index contributed by atoms with van der Waals surface area (Å²) in [5.41, 5.74) is 2.08. The predicted molar refractivity (Wildman–Crippen MR) is 108 cm³/mol. The van der Waals surface area contributed by atoms with Gasteiger partial charge in [-0.1, -0.05) is 23.7 Å². The second kappa shape index (κ2) is 8.74. The van der Waals surface area contributed by atoms with Crippen molar-refractivity contribution in [1.29, 1.82) is 0 Å². The lowest BCUT2D eigenvalue weighted by atomic mass is 10.1. The number of aryl methyl sites for hydroxylation is 1. The van der Waals surface area contributed by atoms with Crippen molar-refractivity contribution < 1.29 is 14.5 Å². The minimum Gasteiger partial charge on any atom is -0.489 e. The molecule has 0 fully saturated rings. The van der Waals surface area contributed by atoms with Gasteiger partial charge in [0, 0.05) is 31.8 Å². The van der Waals surface area contributed by atoms with E-state index >= 15 is 0 Å². The Kier molecular flexibility index (Phi) is 6.13. The third-order valence-corrected chi connectivity index (χ3v) is 4.69. The van der Waals surface area contributed by atoms with Gasteiger partial charge in [-0.15, -0.1) is 0 Å².